The van der Waals surface area contributed by atoms with Crippen LogP contribution in [0.5, 0.6) is 5.75 Å². The Hall–Kier alpha value is -4.49. The number of amides is 1. The molecule has 1 aromatic heterocycles. The molecule has 0 atom stereocenters. The maximum Gasteiger partial charge on any atom is 0.257 e. The number of rotatable bonds is 6. The summed E-state index contributed by atoms with van der Waals surface area (Å²) in [5.74, 6) is 0.832. The molecule has 7 heteroatoms. The first-order valence-electron chi connectivity index (χ1n) is 11.4. The molecule has 0 saturated carbocycles. The minimum absolute atomic E-state index is 0.195. The van der Waals surface area contributed by atoms with E-state index in [1.165, 1.54) is 0 Å². The fourth-order valence-electron chi connectivity index (χ4n) is 3.66. The van der Waals surface area contributed by atoms with Crippen molar-refractivity contribution in [1.82, 2.24) is 10.3 Å². The molecule has 0 radical (unpaired) electrons. The third-order valence-electron chi connectivity index (χ3n) is 5.51. The zero-order valence-corrected chi connectivity index (χ0v) is 20.3. The molecule has 4 aromatic carbocycles. The van der Waals surface area contributed by atoms with Crippen molar-refractivity contribution >= 4 is 40.0 Å². The van der Waals surface area contributed by atoms with E-state index < -0.39 is 0 Å². The Labute approximate surface area is 213 Å². The van der Waals surface area contributed by atoms with Gasteiger partial charge in [-0.15, -0.1) is 0 Å². The fraction of sp³-hybridized carbons (Fsp3) is 0.0690. The molecule has 6 nitrogen and oxygen atoms in total. The standard InChI is InChI=1S/C29H23N3O3S/c1-19-10-15-25-26(16-19)35-28(31-25)21-11-13-23(14-12-21)30-29(36)32-27(33)22-8-5-9-24(17-22)34-18-20-6-3-2-4-7-20/h2-17H,18H2,1H3,(H2,30,32,33,36). The molecular formula is C29H23N3O3S. The van der Waals surface area contributed by atoms with Crippen LogP contribution in [0.1, 0.15) is 21.5 Å². The average Bonchev–Trinajstić information content (AvgIpc) is 3.32. The molecule has 178 valence electrons. The predicted octanol–water partition coefficient (Wildman–Crippen LogP) is 6.51. The molecule has 0 spiro atoms. The topological polar surface area (TPSA) is 76.4 Å². The normalized spacial score (nSPS) is 10.7. The minimum Gasteiger partial charge on any atom is -0.489 e. The summed E-state index contributed by atoms with van der Waals surface area (Å²) in [6.45, 7) is 2.44. The number of oxazole rings is 1. The molecule has 2 N–H and O–H groups in total. The summed E-state index contributed by atoms with van der Waals surface area (Å²) in [5.41, 5.74) is 5.77. The predicted molar refractivity (Wildman–Crippen MR) is 145 cm³/mol. The van der Waals surface area contributed by atoms with E-state index in [0.717, 1.165) is 33.5 Å². The van der Waals surface area contributed by atoms with Gasteiger partial charge in [0.25, 0.3) is 5.91 Å². The van der Waals surface area contributed by atoms with Crippen molar-refractivity contribution in [1.29, 1.82) is 0 Å². The van der Waals surface area contributed by atoms with E-state index in [-0.39, 0.29) is 11.0 Å². The third kappa shape index (κ3) is 5.59. The molecule has 0 bridgehead atoms. The van der Waals surface area contributed by atoms with E-state index in [2.05, 4.69) is 15.6 Å². The number of nitrogens with zero attached hydrogens (tertiary/aromatic N) is 1. The fourth-order valence-corrected chi connectivity index (χ4v) is 3.87. The Morgan fingerprint density at radius 1 is 0.944 bits per heavy atom. The number of nitrogens with one attached hydrogen (secondary N) is 2. The quantitative estimate of drug-likeness (QED) is 0.263. The Morgan fingerprint density at radius 3 is 2.56 bits per heavy atom. The molecule has 0 aliphatic rings. The van der Waals surface area contributed by atoms with E-state index in [1.807, 2.05) is 85.8 Å². The lowest BCUT2D eigenvalue weighted by Gasteiger charge is -2.11. The first-order chi connectivity index (χ1) is 17.5. The number of carbonyl (C=O) groups is 1. The van der Waals surface area contributed by atoms with Gasteiger partial charge in [0.15, 0.2) is 10.7 Å². The van der Waals surface area contributed by atoms with E-state index in [0.29, 0.717) is 23.8 Å². The molecule has 0 fully saturated rings. The number of carbonyl (C=O) groups excluding carboxylic acids is 1. The summed E-state index contributed by atoms with van der Waals surface area (Å²) >= 11 is 5.34. The highest BCUT2D eigenvalue weighted by Gasteiger charge is 2.11. The Morgan fingerprint density at radius 2 is 1.75 bits per heavy atom. The van der Waals surface area contributed by atoms with Crippen molar-refractivity contribution in [3.05, 3.63) is 114 Å². The van der Waals surface area contributed by atoms with Gasteiger partial charge >= 0.3 is 0 Å². The van der Waals surface area contributed by atoms with Gasteiger partial charge in [0.2, 0.25) is 5.89 Å². The number of benzene rings is 4. The maximum absolute atomic E-state index is 12.7. The Balaban J connectivity index is 1.18. The number of thiocarbonyl (C=S) groups is 1. The summed E-state index contributed by atoms with van der Waals surface area (Å²) in [5, 5.41) is 5.94. The highest BCUT2D eigenvalue weighted by atomic mass is 32.1. The van der Waals surface area contributed by atoms with Crippen LogP contribution >= 0.6 is 12.2 Å². The molecule has 0 unspecified atom stereocenters. The molecule has 5 aromatic rings. The second-order valence-corrected chi connectivity index (χ2v) is 8.69. The van der Waals surface area contributed by atoms with Gasteiger partial charge in [-0.1, -0.05) is 42.5 Å². The lowest BCUT2D eigenvalue weighted by Crippen LogP contribution is -2.34. The van der Waals surface area contributed by atoms with Gasteiger partial charge in [0.1, 0.15) is 17.9 Å². The summed E-state index contributed by atoms with van der Waals surface area (Å²) in [6, 6.07) is 30.2. The largest absolute Gasteiger partial charge is 0.489 e. The van der Waals surface area contributed by atoms with Gasteiger partial charge in [-0.3, -0.25) is 10.1 Å². The molecular weight excluding hydrogens is 470 g/mol. The highest BCUT2D eigenvalue weighted by Crippen LogP contribution is 2.26. The van der Waals surface area contributed by atoms with E-state index >= 15 is 0 Å². The van der Waals surface area contributed by atoms with Crippen molar-refractivity contribution in [2.75, 3.05) is 5.32 Å². The summed E-state index contributed by atoms with van der Waals surface area (Å²) in [4.78, 5) is 17.3. The molecule has 0 saturated heterocycles. The molecule has 1 amide bonds. The SMILES string of the molecule is Cc1ccc2nc(-c3ccc(NC(=S)NC(=O)c4cccc(OCc5ccccc5)c4)cc3)oc2c1. The Kier molecular flexibility index (Phi) is 6.73. The van der Waals surface area contributed by atoms with Gasteiger partial charge in [-0.2, -0.15) is 0 Å². The van der Waals surface area contributed by atoms with Gasteiger partial charge in [-0.05, 0) is 84.9 Å². The summed E-state index contributed by atoms with van der Waals surface area (Å²) in [7, 11) is 0. The van der Waals surface area contributed by atoms with Crippen molar-refractivity contribution in [3.63, 3.8) is 0 Å². The van der Waals surface area contributed by atoms with Crippen molar-refractivity contribution in [2.24, 2.45) is 0 Å². The number of aryl methyl sites for hydroxylation is 1. The van der Waals surface area contributed by atoms with Gasteiger partial charge < -0.3 is 14.5 Å². The number of ether oxygens (including phenoxy) is 1. The van der Waals surface area contributed by atoms with Gasteiger partial charge in [-0.25, -0.2) is 4.98 Å². The number of hydrogen-bond donors (Lipinski definition) is 2. The van der Waals surface area contributed by atoms with Crippen LogP contribution in [0.25, 0.3) is 22.6 Å². The van der Waals surface area contributed by atoms with Crippen LogP contribution in [0.15, 0.2) is 101 Å². The molecule has 0 aliphatic carbocycles. The first kappa shape index (κ1) is 23.3. The molecule has 1 heterocycles. The van der Waals surface area contributed by atoms with Crippen molar-refractivity contribution < 1.29 is 13.9 Å². The highest BCUT2D eigenvalue weighted by molar-refractivity contribution is 7.80. The maximum atomic E-state index is 12.7. The monoisotopic (exact) mass is 493 g/mol. The number of aromatic nitrogens is 1. The van der Waals surface area contributed by atoms with Crippen LogP contribution in [-0.4, -0.2) is 16.0 Å². The van der Waals surface area contributed by atoms with Crippen LogP contribution in [0.2, 0.25) is 0 Å². The Bertz CT molecular complexity index is 1530. The zero-order chi connectivity index (χ0) is 24.9. The minimum atomic E-state index is -0.323. The van der Waals surface area contributed by atoms with Crippen LogP contribution in [0.3, 0.4) is 0 Å². The molecule has 36 heavy (non-hydrogen) atoms. The van der Waals surface area contributed by atoms with Crippen LogP contribution < -0.4 is 15.4 Å². The van der Waals surface area contributed by atoms with Crippen LogP contribution in [0.4, 0.5) is 5.69 Å². The average molecular weight is 494 g/mol. The zero-order valence-electron chi connectivity index (χ0n) is 19.5. The first-order valence-corrected chi connectivity index (χ1v) is 11.8. The molecule has 0 aliphatic heterocycles. The van der Waals surface area contributed by atoms with Crippen LogP contribution in [-0.2, 0) is 6.61 Å². The van der Waals surface area contributed by atoms with Gasteiger partial charge in [0.05, 0.1) is 0 Å². The third-order valence-corrected chi connectivity index (χ3v) is 5.71. The number of anilines is 1. The number of hydrogen-bond acceptors (Lipinski definition) is 5. The summed E-state index contributed by atoms with van der Waals surface area (Å²) < 4.78 is 11.7. The second-order valence-electron chi connectivity index (χ2n) is 8.28. The van der Waals surface area contributed by atoms with E-state index in [1.54, 1.807) is 18.2 Å². The van der Waals surface area contributed by atoms with Crippen LogP contribution in [0, 0.1) is 6.92 Å². The van der Waals surface area contributed by atoms with Gasteiger partial charge in [0, 0.05) is 16.8 Å². The second kappa shape index (κ2) is 10.4. The van der Waals surface area contributed by atoms with Crippen molar-refractivity contribution in [2.45, 2.75) is 13.5 Å². The number of fused-ring (bicyclic) bond motifs is 1. The lowest BCUT2D eigenvalue weighted by atomic mass is 10.2. The van der Waals surface area contributed by atoms with Crippen molar-refractivity contribution in [3.8, 4) is 17.2 Å². The smallest absolute Gasteiger partial charge is 0.257 e. The lowest BCUT2D eigenvalue weighted by molar-refractivity contribution is 0.0977. The van der Waals surface area contributed by atoms with E-state index in [9.17, 15) is 4.79 Å². The van der Waals surface area contributed by atoms with E-state index in [4.69, 9.17) is 21.4 Å². The molecule has 5 rings (SSSR count). The summed E-state index contributed by atoms with van der Waals surface area (Å²) in [6.07, 6.45) is 0.